The first-order valence-electron chi connectivity index (χ1n) is 7.93. The van der Waals surface area contributed by atoms with Gasteiger partial charge in [-0.25, -0.2) is 0 Å². The Morgan fingerprint density at radius 3 is 2.86 bits per heavy atom. The van der Waals surface area contributed by atoms with E-state index in [-0.39, 0.29) is 11.2 Å². The lowest BCUT2D eigenvalue weighted by atomic mass is 9.50. The van der Waals surface area contributed by atoms with Crippen LogP contribution in [0.25, 0.3) is 0 Å². The third kappa shape index (κ3) is 1.67. The zero-order chi connectivity index (χ0) is 14.8. The molecule has 1 heterocycles. The second-order valence-electron chi connectivity index (χ2n) is 7.08. The van der Waals surface area contributed by atoms with Crippen molar-refractivity contribution in [1.82, 2.24) is 4.90 Å². The second-order valence-corrected chi connectivity index (χ2v) is 7.08. The molecule has 3 N–H and O–H groups in total. The van der Waals surface area contributed by atoms with Crippen LogP contribution in [0.2, 0.25) is 0 Å². The summed E-state index contributed by atoms with van der Waals surface area (Å²) in [6.45, 7) is 0.931. The van der Waals surface area contributed by atoms with Crippen LogP contribution >= 0.6 is 0 Å². The highest BCUT2D eigenvalue weighted by molar-refractivity contribution is 5.46. The maximum atomic E-state index is 10.8. The van der Waals surface area contributed by atoms with Gasteiger partial charge in [-0.05, 0) is 68.5 Å². The maximum Gasteiger partial charge on any atom is 0.115 e. The van der Waals surface area contributed by atoms with Crippen LogP contribution < -0.4 is 0 Å². The van der Waals surface area contributed by atoms with Gasteiger partial charge in [-0.1, -0.05) is 6.07 Å². The summed E-state index contributed by atoms with van der Waals surface area (Å²) in [5.41, 5.74) is 1.90. The van der Waals surface area contributed by atoms with Crippen LogP contribution in [-0.2, 0) is 11.8 Å². The number of aliphatic hydroxyl groups excluding tert-OH is 2. The van der Waals surface area contributed by atoms with Gasteiger partial charge in [0.2, 0.25) is 0 Å². The Labute approximate surface area is 125 Å². The molecule has 0 amide bonds. The number of phenols is 1. The molecule has 5 atom stereocenters. The molecule has 2 fully saturated rings. The summed E-state index contributed by atoms with van der Waals surface area (Å²) in [7, 11) is 2.16. The predicted octanol–water partition coefficient (Wildman–Crippen LogP) is 1.02. The van der Waals surface area contributed by atoms with Crippen LogP contribution in [0.15, 0.2) is 18.2 Å². The van der Waals surface area contributed by atoms with E-state index in [1.165, 1.54) is 5.56 Å². The van der Waals surface area contributed by atoms with Crippen molar-refractivity contribution in [1.29, 1.82) is 0 Å². The molecule has 1 aromatic carbocycles. The van der Waals surface area contributed by atoms with Gasteiger partial charge in [-0.3, -0.25) is 0 Å². The normalized spacial score (nSPS) is 42.2. The first-order valence-corrected chi connectivity index (χ1v) is 7.93. The van der Waals surface area contributed by atoms with E-state index in [0.29, 0.717) is 18.4 Å². The average molecular weight is 289 g/mol. The van der Waals surface area contributed by atoms with Gasteiger partial charge >= 0.3 is 0 Å². The number of likely N-dealkylation sites (N-methyl/N-ethyl adjacent to an activating group) is 1. The molecule has 1 aliphatic heterocycles. The van der Waals surface area contributed by atoms with Crippen molar-refractivity contribution in [3.05, 3.63) is 29.3 Å². The summed E-state index contributed by atoms with van der Waals surface area (Å²) in [5, 5.41) is 31.0. The lowest BCUT2D eigenvalue weighted by molar-refractivity contribution is -0.129. The fraction of sp³-hybridized carbons (Fsp3) is 0.647. The molecule has 2 unspecified atom stereocenters. The van der Waals surface area contributed by atoms with Gasteiger partial charge < -0.3 is 20.2 Å². The van der Waals surface area contributed by atoms with E-state index in [0.717, 1.165) is 31.4 Å². The highest BCUT2D eigenvalue weighted by atomic mass is 16.3. The van der Waals surface area contributed by atoms with Crippen LogP contribution in [0.1, 0.15) is 30.4 Å². The first-order chi connectivity index (χ1) is 10.0. The first kappa shape index (κ1) is 13.6. The van der Waals surface area contributed by atoms with Crippen LogP contribution in [0.4, 0.5) is 0 Å². The topological polar surface area (TPSA) is 63.9 Å². The van der Waals surface area contributed by atoms with Gasteiger partial charge in [0.1, 0.15) is 5.75 Å². The molecule has 21 heavy (non-hydrogen) atoms. The van der Waals surface area contributed by atoms with Crippen LogP contribution in [-0.4, -0.2) is 52.1 Å². The van der Waals surface area contributed by atoms with Gasteiger partial charge in [0.05, 0.1) is 12.2 Å². The van der Waals surface area contributed by atoms with Crippen LogP contribution in [0.3, 0.4) is 0 Å². The summed E-state index contributed by atoms with van der Waals surface area (Å²) >= 11 is 0. The lowest BCUT2D eigenvalue weighted by Gasteiger charge is -2.60. The Morgan fingerprint density at radius 2 is 2.05 bits per heavy atom. The van der Waals surface area contributed by atoms with Gasteiger partial charge in [0, 0.05) is 11.5 Å². The van der Waals surface area contributed by atoms with Crippen molar-refractivity contribution < 1.29 is 15.3 Å². The molecule has 0 spiro atoms. The highest BCUT2D eigenvalue weighted by Crippen LogP contribution is 2.55. The molecule has 4 nitrogen and oxygen atoms in total. The molecule has 2 aliphatic carbocycles. The number of rotatable bonds is 0. The SMILES string of the molecule is CN1CC[C@@]23c4cc(O)ccc4C[C@@H]1[C@@H]2CCC(O)C3O. The van der Waals surface area contributed by atoms with Crippen molar-refractivity contribution in [2.45, 2.75) is 49.3 Å². The minimum atomic E-state index is -0.728. The number of aliphatic hydroxyl groups is 2. The highest BCUT2D eigenvalue weighted by Gasteiger charge is 2.59. The molecule has 114 valence electrons. The Bertz CT molecular complexity index is 575. The standard InChI is InChI=1S/C17H23NO3/c1-18-7-6-17-12(4-5-15(20)16(17)21)14(18)8-10-2-3-11(19)9-13(10)17/h2-3,9,12,14-16,19-21H,4-8H2,1H3/t12-,14+,15?,16?,17-/m0/s1. The fourth-order valence-electron chi connectivity index (χ4n) is 5.22. The maximum absolute atomic E-state index is 10.8. The minimum Gasteiger partial charge on any atom is -0.508 e. The number of aromatic hydroxyl groups is 1. The number of piperidine rings is 1. The summed E-state index contributed by atoms with van der Waals surface area (Å²) in [4.78, 5) is 2.41. The van der Waals surface area contributed by atoms with Crippen molar-refractivity contribution >= 4 is 0 Å². The zero-order valence-corrected chi connectivity index (χ0v) is 12.4. The number of hydrogen-bond acceptors (Lipinski definition) is 4. The van der Waals surface area contributed by atoms with Crippen molar-refractivity contribution in [3.8, 4) is 5.75 Å². The Kier molecular flexibility index (Phi) is 2.87. The van der Waals surface area contributed by atoms with E-state index in [9.17, 15) is 15.3 Å². The summed E-state index contributed by atoms with van der Waals surface area (Å²) < 4.78 is 0. The average Bonchev–Trinajstić information content (AvgIpc) is 2.47. The van der Waals surface area contributed by atoms with Crippen molar-refractivity contribution in [3.63, 3.8) is 0 Å². The summed E-state index contributed by atoms with van der Waals surface area (Å²) in [6, 6.07) is 5.98. The van der Waals surface area contributed by atoms with Crippen molar-refractivity contribution in [2.24, 2.45) is 5.92 Å². The molecule has 1 aromatic rings. The van der Waals surface area contributed by atoms with E-state index in [1.807, 2.05) is 12.1 Å². The van der Waals surface area contributed by atoms with Crippen molar-refractivity contribution in [2.75, 3.05) is 13.6 Å². The van der Waals surface area contributed by atoms with E-state index in [4.69, 9.17) is 0 Å². The molecule has 0 aromatic heterocycles. The predicted molar refractivity (Wildman–Crippen MR) is 79.3 cm³/mol. The van der Waals surface area contributed by atoms with Crippen LogP contribution in [0.5, 0.6) is 5.75 Å². The molecular weight excluding hydrogens is 266 g/mol. The molecule has 1 saturated heterocycles. The summed E-state index contributed by atoms with van der Waals surface area (Å²) in [6.07, 6.45) is 2.06. The van der Waals surface area contributed by atoms with E-state index in [1.54, 1.807) is 6.07 Å². The molecular formula is C17H23NO3. The Hall–Kier alpha value is -1.10. The molecule has 4 rings (SSSR count). The molecule has 1 saturated carbocycles. The number of hydrogen-bond donors (Lipinski definition) is 3. The lowest BCUT2D eigenvalue weighted by Crippen LogP contribution is -2.67. The number of nitrogens with zero attached hydrogens (tertiary/aromatic N) is 1. The van der Waals surface area contributed by atoms with Gasteiger partial charge in [-0.15, -0.1) is 0 Å². The van der Waals surface area contributed by atoms with Gasteiger partial charge in [0.15, 0.2) is 0 Å². The quantitative estimate of drug-likeness (QED) is 0.667. The zero-order valence-electron chi connectivity index (χ0n) is 12.4. The summed E-state index contributed by atoms with van der Waals surface area (Å²) in [5.74, 6) is 0.621. The Morgan fingerprint density at radius 1 is 1.24 bits per heavy atom. The van der Waals surface area contributed by atoms with E-state index < -0.39 is 12.2 Å². The third-order valence-electron chi connectivity index (χ3n) is 6.26. The van der Waals surface area contributed by atoms with Gasteiger partial charge in [0.25, 0.3) is 0 Å². The van der Waals surface area contributed by atoms with Gasteiger partial charge in [-0.2, -0.15) is 0 Å². The van der Waals surface area contributed by atoms with E-state index in [2.05, 4.69) is 11.9 Å². The minimum absolute atomic E-state index is 0.256. The monoisotopic (exact) mass is 289 g/mol. The van der Waals surface area contributed by atoms with Crippen LogP contribution in [0, 0.1) is 5.92 Å². The largest absolute Gasteiger partial charge is 0.508 e. The number of benzene rings is 1. The number of phenolic OH excluding ortho intramolecular Hbond substituents is 1. The third-order valence-corrected chi connectivity index (χ3v) is 6.26. The molecule has 2 bridgehead atoms. The fourth-order valence-corrected chi connectivity index (χ4v) is 5.22. The smallest absolute Gasteiger partial charge is 0.115 e. The number of likely N-dealkylation sites (tertiary alicyclic amines) is 1. The molecule has 4 heteroatoms. The van der Waals surface area contributed by atoms with E-state index >= 15 is 0 Å². The second kappa shape index (κ2) is 4.45. The Balaban J connectivity index is 1.94. The molecule has 3 aliphatic rings. The molecule has 0 radical (unpaired) electrons. The number of fused-ring (bicyclic) bond motifs is 1.